The second-order valence-corrected chi connectivity index (χ2v) is 3.88. The van der Waals surface area contributed by atoms with E-state index in [1.54, 1.807) is 7.11 Å². The highest BCUT2D eigenvalue weighted by Crippen LogP contribution is 2.18. The highest BCUT2D eigenvalue weighted by atomic mass is 16.5. The maximum Gasteiger partial charge on any atom is 0.119 e. The quantitative estimate of drug-likeness (QED) is 0.696. The molecule has 0 heterocycles. The summed E-state index contributed by atoms with van der Waals surface area (Å²) in [6, 6.07) is 8.40. The third-order valence-electron chi connectivity index (χ3n) is 2.63. The second-order valence-electron chi connectivity index (χ2n) is 3.88. The highest BCUT2D eigenvalue weighted by molar-refractivity contribution is 5.30. The lowest BCUT2D eigenvalue weighted by Gasteiger charge is -2.14. The van der Waals surface area contributed by atoms with Crippen LogP contribution in [0.1, 0.15) is 31.4 Å². The average molecular weight is 223 g/mol. The molecule has 3 nitrogen and oxygen atoms in total. The van der Waals surface area contributed by atoms with Crippen LogP contribution in [0.25, 0.3) is 0 Å². The zero-order valence-corrected chi connectivity index (χ0v) is 10.1. The molecule has 3 heteroatoms. The van der Waals surface area contributed by atoms with E-state index in [4.69, 9.17) is 9.84 Å². The molecule has 1 rings (SSSR count). The van der Waals surface area contributed by atoms with Crippen LogP contribution in [0.4, 0.5) is 0 Å². The lowest BCUT2D eigenvalue weighted by Crippen LogP contribution is -2.20. The van der Waals surface area contributed by atoms with E-state index < -0.39 is 0 Å². The average Bonchev–Trinajstić information content (AvgIpc) is 2.34. The van der Waals surface area contributed by atoms with Crippen molar-refractivity contribution in [3.63, 3.8) is 0 Å². The van der Waals surface area contributed by atoms with Crippen LogP contribution < -0.4 is 10.1 Å². The topological polar surface area (TPSA) is 41.5 Å². The predicted octanol–water partition coefficient (Wildman–Crippen LogP) is 2.12. The van der Waals surface area contributed by atoms with Gasteiger partial charge >= 0.3 is 0 Å². The third-order valence-corrected chi connectivity index (χ3v) is 2.63. The Labute approximate surface area is 97.4 Å². The van der Waals surface area contributed by atoms with Crippen LogP contribution in [0.3, 0.4) is 0 Å². The van der Waals surface area contributed by atoms with E-state index in [1.807, 2.05) is 18.2 Å². The fraction of sp³-hybridized carbons (Fsp3) is 0.538. The van der Waals surface area contributed by atoms with Crippen molar-refractivity contribution < 1.29 is 9.84 Å². The van der Waals surface area contributed by atoms with Crippen LogP contribution in [-0.2, 0) is 0 Å². The predicted molar refractivity (Wildman–Crippen MR) is 65.7 cm³/mol. The molecular weight excluding hydrogens is 202 g/mol. The molecule has 0 saturated carbocycles. The van der Waals surface area contributed by atoms with Crippen molar-refractivity contribution in [3.8, 4) is 5.75 Å². The van der Waals surface area contributed by atoms with Crippen molar-refractivity contribution in [2.24, 2.45) is 0 Å². The Morgan fingerprint density at radius 1 is 1.38 bits per heavy atom. The van der Waals surface area contributed by atoms with Gasteiger partial charge in [-0.1, -0.05) is 12.1 Å². The Bertz CT molecular complexity index is 302. The van der Waals surface area contributed by atoms with E-state index in [0.29, 0.717) is 6.04 Å². The third kappa shape index (κ3) is 4.21. The van der Waals surface area contributed by atoms with Gasteiger partial charge in [-0.3, -0.25) is 0 Å². The van der Waals surface area contributed by atoms with Crippen LogP contribution in [0.2, 0.25) is 0 Å². The SMILES string of the molecule is COc1cccc([C@@H](C)NCCCCO)c1. The number of hydrogen-bond donors (Lipinski definition) is 2. The van der Waals surface area contributed by atoms with Crippen molar-refractivity contribution >= 4 is 0 Å². The zero-order valence-electron chi connectivity index (χ0n) is 10.1. The molecule has 0 unspecified atom stereocenters. The number of nitrogens with one attached hydrogen (secondary N) is 1. The highest BCUT2D eigenvalue weighted by Gasteiger charge is 2.04. The van der Waals surface area contributed by atoms with E-state index in [-0.39, 0.29) is 6.61 Å². The van der Waals surface area contributed by atoms with Crippen LogP contribution in [0.15, 0.2) is 24.3 Å². The molecule has 1 aromatic carbocycles. The number of aliphatic hydroxyl groups is 1. The van der Waals surface area contributed by atoms with Crippen LogP contribution in [0.5, 0.6) is 5.75 Å². The van der Waals surface area contributed by atoms with Crippen molar-refractivity contribution in [1.29, 1.82) is 0 Å². The minimum atomic E-state index is 0.273. The maximum absolute atomic E-state index is 8.67. The summed E-state index contributed by atoms with van der Waals surface area (Å²) in [5.74, 6) is 0.890. The van der Waals surface area contributed by atoms with Crippen molar-refractivity contribution in [3.05, 3.63) is 29.8 Å². The number of aliphatic hydroxyl groups excluding tert-OH is 1. The molecule has 0 bridgehead atoms. The molecule has 90 valence electrons. The molecule has 0 aromatic heterocycles. The Hall–Kier alpha value is -1.06. The Kier molecular flexibility index (Phi) is 5.90. The van der Waals surface area contributed by atoms with Gasteiger partial charge in [0.05, 0.1) is 7.11 Å². The van der Waals surface area contributed by atoms with Crippen molar-refractivity contribution in [2.45, 2.75) is 25.8 Å². The number of benzene rings is 1. The van der Waals surface area contributed by atoms with Gasteiger partial charge in [0.2, 0.25) is 0 Å². The van der Waals surface area contributed by atoms with Crippen LogP contribution in [-0.4, -0.2) is 25.4 Å². The summed E-state index contributed by atoms with van der Waals surface area (Å²) in [6.45, 7) is 3.34. The summed E-state index contributed by atoms with van der Waals surface area (Å²) in [5.41, 5.74) is 1.23. The van der Waals surface area contributed by atoms with Gasteiger partial charge in [-0.25, -0.2) is 0 Å². The largest absolute Gasteiger partial charge is 0.497 e. The number of ether oxygens (including phenoxy) is 1. The molecule has 0 amide bonds. The summed E-state index contributed by atoms with van der Waals surface area (Å²) in [4.78, 5) is 0. The number of rotatable bonds is 7. The first-order valence-corrected chi connectivity index (χ1v) is 5.76. The molecule has 2 N–H and O–H groups in total. The smallest absolute Gasteiger partial charge is 0.119 e. The monoisotopic (exact) mass is 223 g/mol. The fourth-order valence-corrected chi connectivity index (χ4v) is 1.58. The molecular formula is C13H21NO2. The van der Waals surface area contributed by atoms with E-state index in [1.165, 1.54) is 5.56 Å². The number of methoxy groups -OCH3 is 1. The summed E-state index contributed by atoms with van der Waals surface area (Å²) >= 11 is 0. The van der Waals surface area contributed by atoms with E-state index in [9.17, 15) is 0 Å². The minimum absolute atomic E-state index is 0.273. The maximum atomic E-state index is 8.67. The van der Waals surface area contributed by atoms with Gasteiger partial charge in [0.1, 0.15) is 5.75 Å². The van der Waals surface area contributed by atoms with Gasteiger partial charge in [0.15, 0.2) is 0 Å². The Morgan fingerprint density at radius 3 is 2.88 bits per heavy atom. The van der Waals surface area contributed by atoms with Crippen LogP contribution in [0, 0.1) is 0 Å². The van der Waals surface area contributed by atoms with E-state index in [2.05, 4.69) is 18.3 Å². The molecule has 0 aliphatic carbocycles. The standard InChI is InChI=1S/C13H21NO2/c1-11(14-8-3-4-9-15)12-6-5-7-13(10-12)16-2/h5-7,10-11,14-15H,3-4,8-9H2,1-2H3/t11-/m1/s1. The zero-order chi connectivity index (χ0) is 11.8. The van der Waals surface area contributed by atoms with Gasteiger partial charge in [-0.15, -0.1) is 0 Å². The normalized spacial score (nSPS) is 12.4. The van der Waals surface area contributed by atoms with Gasteiger partial charge in [0.25, 0.3) is 0 Å². The van der Waals surface area contributed by atoms with Crippen molar-refractivity contribution in [2.75, 3.05) is 20.3 Å². The number of hydrogen-bond acceptors (Lipinski definition) is 3. The molecule has 1 aromatic rings. The minimum Gasteiger partial charge on any atom is -0.497 e. The summed E-state index contributed by atoms with van der Waals surface area (Å²) in [7, 11) is 1.68. The molecule has 0 aliphatic heterocycles. The Balaban J connectivity index is 2.42. The molecule has 0 radical (unpaired) electrons. The first-order valence-electron chi connectivity index (χ1n) is 5.76. The van der Waals surface area contributed by atoms with E-state index >= 15 is 0 Å². The summed E-state index contributed by atoms with van der Waals surface area (Å²) in [6.07, 6.45) is 1.86. The Morgan fingerprint density at radius 2 is 2.19 bits per heavy atom. The molecule has 0 saturated heterocycles. The lowest BCUT2D eigenvalue weighted by molar-refractivity contribution is 0.283. The molecule has 1 atom stereocenters. The second kappa shape index (κ2) is 7.25. The van der Waals surface area contributed by atoms with E-state index in [0.717, 1.165) is 25.1 Å². The lowest BCUT2D eigenvalue weighted by atomic mass is 10.1. The van der Waals surface area contributed by atoms with Gasteiger partial charge in [-0.05, 0) is 44.0 Å². The van der Waals surface area contributed by atoms with Crippen molar-refractivity contribution in [1.82, 2.24) is 5.32 Å². The van der Waals surface area contributed by atoms with Gasteiger partial charge in [0, 0.05) is 12.6 Å². The molecule has 0 fully saturated rings. The van der Waals surface area contributed by atoms with Gasteiger partial charge in [-0.2, -0.15) is 0 Å². The molecule has 0 spiro atoms. The fourth-order valence-electron chi connectivity index (χ4n) is 1.58. The summed E-state index contributed by atoms with van der Waals surface area (Å²) < 4.78 is 5.19. The molecule has 16 heavy (non-hydrogen) atoms. The van der Waals surface area contributed by atoms with Gasteiger partial charge < -0.3 is 15.2 Å². The summed E-state index contributed by atoms with van der Waals surface area (Å²) in [5, 5.41) is 12.1. The number of unbranched alkanes of at least 4 members (excludes halogenated alkanes) is 1. The first-order chi connectivity index (χ1) is 7.77. The van der Waals surface area contributed by atoms with Crippen LogP contribution >= 0.6 is 0 Å². The molecule has 0 aliphatic rings. The first kappa shape index (κ1) is 13.0.